The number of hydrazine groups is 1. The van der Waals surface area contributed by atoms with Crippen molar-refractivity contribution >= 4 is 28.1 Å². The summed E-state index contributed by atoms with van der Waals surface area (Å²) in [6.07, 6.45) is 0. The number of benzene rings is 1. The minimum absolute atomic E-state index is 0.199. The molecule has 1 aromatic heterocycles. The van der Waals surface area contributed by atoms with Gasteiger partial charge >= 0.3 is 0 Å². The zero-order valence-corrected chi connectivity index (χ0v) is 10.1. The van der Waals surface area contributed by atoms with Crippen LogP contribution in [0, 0.1) is 5.82 Å². The van der Waals surface area contributed by atoms with Gasteiger partial charge in [0.2, 0.25) is 5.13 Å². The molecular formula is C9H8ClFN4OS. The molecule has 0 amide bonds. The van der Waals surface area contributed by atoms with Crippen molar-refractivity contribution in [1.29, 1.82) is 0 Å². The normalized spacial score (nSPS) is 10.3. The number of rotatable bonds is 4. The number of aromatic nitrogens is 2. The first-order valence-corrected chi connectivity index (χ1v) is 5.75. The van der Waals surface area contributed by atoms with Crippen LogP contribution in [0.5, 0.6) is 5.75 Å². The van der Waals surface area contributed by atoms with Crippen molar-refractivity contribution in [1.82, 2.24) is 10.2 Å². The van der Waals surface area contributed by atoms with Crippen molar-refractivity contribution in [3.05, 3.63) is 34.0 Å². The predicted molar refractivity (Wildman–Crippen MR) is 63.5 cm³/mol. The Hall–Kier alpha value is -1.44. The second-order valence-corrected chi connectivity index (χ2v) is 4.48. The molecule has 90 valence electrons. The van der Waals surface area contributed by atoms with Gasteiger partial charge in [-0.05, 0) is 18.2 Å². The van der Waals surface area contributed by atoms with E-state index in [1.807, 2.05) is 0 Å². The highest BCUT2D eigenvalue weighted by atomic mass is 35.5. The van der Waals surface area contributed by atoms with E-state index in [4.69, 9.17) is 22.2 Å². The highest BCUT2D eigenvalue weighted by Crippen LogP contribution is 2.26. The molecular weight excluding hydrogens is 267 g/mol. The van der Waals surface area contributed by atoms with Crippen LogP contribution in [0.4, 0.5) is 9.52 Å². The molecule has 0 radical (unpaired) electrons. The predicted octanol–water partition coefficient (Wildman–Crippen LogP) is 2.20. The summed E-state index contributed by atoms with van der Waals surface area (Å²) < 4.78 is 18.2. The van der Waals surface area contributed by atoms with Gasteiger partial charge in [0.05, 0.1) is 5.02 Å². The van der Waals surface area contributed by atoms with Gasteiger partial charge in [0.25, 0.3) is 0 Å². The van der Waals surface area contributed by atoms with Gasteiger partial charge in [-0.2, -0.15) is 0 Å². The van der Waals surface area contributed by atoms with E-state index >= 15 is 0 Å². The second-order valence-electron chi connectivity index (χ2n) is 3.01. The molecule has 8 heteroatoms. The number of halogens is 2. The van der Waals surface area contributed by atoms with Gasteiger partial charge in [-0.25, -0.2) is 10.2 Å². The Balaban J connectivity index is 2.02. The summed E-state index contributed by atoms with van der Waals surface area (Å²) in [6, 6.07) is 3.92. The molecule has 0 spiro atoms. The van der Waals surface area contributed by atoms with E-state index < -0.39 is 5.82 Å². The van der Waals surface area contributed by atoms with Crippen LogP contribution in [0.3, 0.4) is 0 Å². The Labute approximate surface area is 105 Å². The molecule has 17 heavy (non-hydrogen) atoms. The zero-order chi connectivity index (χ0) is 12.3. The fourth-order valence-electron chi connectivity index (χ4n) is 1.10. The van der Waals surface area contributed by atoms with Crippen molar-refractivity contribution in [3.63, 3.8) is 0 Å². The molecule has 2 rings (SSSR count). The largest absolute Gasteiger partial charge is 0.485 e. The lowest BCUT2D eigenvalue weighted by Crippen LogP contribution is -2.05. The minimum Gasteiger partial charge on any atom is -0.485 e. The Kier molecular flexibility index (Phi) is 3.72. The summed E-state index contributed by atoms with van der Waals surface area (Å²) in [5.41, 5.74) is 2.38. The van der Waals surface area contributed by atoms with Gasteiger partial charge in [0.1, 0.15) is 18.2 Å². The van der Waals surface area contributed by atoms with Crippen LogP contribution < -0.4 is 16.0 Å². The second kappa shape index (κ2) is 5.26. The number of nitrogens with two attached hydrogens (primary N) is 1. The van der Waals surface area contributed by atoms with Crippen LogP contribution in [0.2, 0.25) is 5.02 Å². The first kappa shape index (κ1) is 12.0. The Bertz CT molecular complexity index is 521. The molecule has 0 fully saturated rings. The molecule has 5 nitrogen and oxygen atoms in total. The van der Waals surface area contributed by atoms with Gasteiger partial charge in [-0.1, -0.05) is 22.9 Å². The molecule has 0 saturated carbocycles. The first-order valence-electron chi connectivity index (χ1n) is 4.56. The average molecular weight is 275 g/mol. The molecule has 0 aliphatic carbocycles. The average Bonchev–Trinajstić information content (AvgIpc) is 2.76. The molecule has 0 atom stereocenters. The molecule has 0 aliphatic rings. The van der Waals surface area contributed by atoms with E-state index in [2.05, 4.69) is 15.6 Å². The standard InChI is InChI=1S/C9H8ClFN4OS/c10-6-3-5(11)1-2-7(6)16-4-8-14-15-9(13-12)17-8/h1-3H,4,12H2,(H,13,15). The number of hydrogen-bond acceptors (Lipinski definition) is 6. The third kappa shape index (κ3) is 3.02. The fraction of sp³-hybridized carbons (Fsp3) is 0.111. The number of ether oxygens (including phenoxy) is 1. The molecule has 3 N–H and O–H groups in total. The van der Waals surface area contributed by atoms with Gasteiger partial charge in [0, 0.05) is 0 Å². The van der Waals surface area contributed by atoms with Crippen molar-refractivity contribution < 1.29 is 9.13 Å². The topological polar surface area (TPSA) is 73.1 Å². The smallest absolute Gasteiger partial charge is 0.219 e. The van der Waals surface area contributed by atoms with E-state index in [9.17, 15) is 4.39 Å². The third-order valence-electron chi connectivity index (χ3n) is 1.84. The van der Waals surface area contributed by atoms with E-state index in [-0.39, 0.29) is 11.6 Å². The third-order valence-corrected chi connectivity index (χ3v) is 2.96. The summed E-state index contributed by atoms with van der Waals surface area (Å²) in [6.45, 7) is 0.199. The lowest BCUT2D eigenvalue weighted by Gasteiger charge is -2.05. The lowest BCUT2D eigenvalue weighted by atomic mass is 10.3. The van der Waals surface area contributed by atoms with Crippen LogP contribution in [-0.2, 0) is 6.61 Å². The van der Waals surface area contributed by atoms with E-state index in [1.54, 1.807) is 0 Å². The SMILES string of the molecule is NNc1nnc(COc2ccc(F)cc2Cl)s1. The van der Waals surface area contributed by atoms with Gasteiger partial charge in [0.15, 0.2) is 5.01 Å². The maximum Gasteiger partial charge on any atom is 0.219 e. The maximum absolute atomic E-state index is 12.8. The van der Waals surface area contributed by atoms with Crippen molar-refractivity contribution in [3.8, 4) is 5.75 Å². The number of hydrogen-bond donors (Lipinski definition) is 2. The summed E-state index contributed by atoms with van der Waals surface area (Å²) in [4.78, 5) is 0. The lowest BCUT2D eigenvalue weighted by molar-refractivity contribution is 0.304. The Morgan fingerprint density at radius 2 is 2.29 bits per heavy atom. The molecule has 1 heterocycles. The number of anilines is 1. The van der Waals surface area contributed by atoms with E-state index in [1.165, 1.54) is 29.5 Å². The molecule has 0 unspecified atom stereocenters. The van der Waals surface area contributed by atoms with Crippen LogP contribution in [-0.4, -0.2) is 10.2 Å². The monoisotopic (exact) mass is 274 g/mol. The quantitative estimate of drug-likeness (QED) is 0.660. The highest BCUT2D eigenvalue weighted by Gasteiger charge is 2.06. The molecule has 0 bridgehead atoms. The molecule has 1 aromatic carbocycles. The van der Waals surface area contributed by atoms with Gasteiger partial charge in [-0.15, -0.1) is 10.2 Å². The van der Waals surface area contributed by atoms with E-state index in [0.29, 0.717) is 15.9 Å². The fourth-order valence-corrected chi connectivity index (χ4v) is 1.89. The van der Waals surface area contributed by atoms with Gasteiger partial charge < -0.3 is 4.74 Å². The minimum atomic E-state index is -0.409. The van der Waals surface area contributed by atoms with Crippen LogP contribution in [0.25, 0.3) is 0 Å². The van der Waals surface area contributed by atoms with Crippen LogP contribution in [0.15, 0.2) is 18.2 Å². The molecule has 0 aliphatic heterocycles. The summed E-state index contributed by atoms with van der Waals surface area (Å²) >= 11 is 7.06. The van der Waals surface area contributed by atoms with Crippen molar-refractivity contribution in [2.75, 3.05) is 5.43 Å². The van der Waals surface area contributed by atoms with Gasteiger partial charge in [-0.3, -0.25) is 5.43 Å². The molecule has 2 aromatic rings. The highest BCUT2D eigenvalue weighted by molar-refractivity contribution is 7.15. The Morgan fingerprint density at radius 3 is 2.94 bits per heavy atom. The number of nitrogen functional groups attached to an aromatic ring is 1. The maximum atomic E-state index is 12.8. The van der Waals surface area contributed by atoms with Crippen LogP contribution in [0.1, 0.15) is 5.01 Å². The zero-order valence-electron chi connectivity index (χ0n) is 8.48. The first-order chi connectivity index (χ1) is 8.19. The number of nitrogens with zero attached hydrogens (tertiary/aromatic N) is 2. The van der Waals surface area contributed by atoms with E-state index in [0.717, 1.165) is 0 Å². The van der Waals surface area contributed by atoms with Crippen molar-refractivity contribution in [2.45, 2.75) is 6.61 Å². The van der Waals surface area contributed by atoms with Crippen LogP contribution >= 0.6 is 22.9 Å². The van der Waals surface area contributed by atoms with Crippen molar-refractivity contribution in [2.24, 2.45) is 5.84 Å². The number of nitrogens with one attached hydrogen (secondary N) is 1. The molecule has 0 saturated heterocycles. The summed E-state index contributed by atoms with van der Waals surface area (Å²) in [5.74, 6) is 5.15. The summed E-state index contributed by atoms with van der Waals surface area (Å²) in [7, 11) is 0. The Morgan fingerprint density at radius 1 is 1.47 bits per heavy atom. The summed E-state index contributed by atoms with van der Waals surface area (Å²) in [5, 5.41) is 8.92.